The molecule has 0 aliphatic heterocycles. The fourth-order valence-electron chi connectivity index (χ4n) is 5.07. The number of rotatable bonds is 6. The number of carbonyl (C=O) groups excluding carboxylic acids is 2. The van der Waals surface area contributed by atoms with Gasteiger partial charge in [-0.3, -0.25) is 4.79 Å². The monoisotopic (exact) mass is 499 g/mol. The van der Waals surface area contributed by atoms with Crippen molar-refractivity contribution >= 4 is 33.6 Å². The number of nitriles is 1. The third-order valence-electron chi connectivity index (χ3n) is 6.87. The van der Waals surface area contributed by atoms with Gasteiger partial charge in [0.1, 0.15) is 28.8 Å². The molecule has 0 unspecified atom stereocenters. The number of hydrogen-bond donors (Lipinski definition) is 1. The molecule has 2 aliphatic rings. The number of thiophene rings is 1. The zero-order valence-electron chi connectivity index (χ0n) is 20.7. The minimum Gasteiger partial charge on any atom is -0.474 e. The molecule has 35 heavy (non-hydrogen) atoms. The molecule has 2 N–H and O–H groups in total. The molecule has 0 spiro atoms. The lowest BCUT2D eigenvalue weighted by molar-refractivity contribution is -0.120. The minimum atomic E-state index is -0.813. The SMILES string of the molecule is CN(C(=O)OC(C)(C)C)[C@H]1CC[C@H](Oc2ncnc3sc4c(c23)[C@@H](C[C@@H](C#N)C(N)=O)CC4)CC1. The molecule has 4 rings (SSSR count). The Hall–Kier alpha value is -2.93. The number of fused-ring (bicyclic) bond motifs is 3. The quantitative estimate of drug-likeness (QED) is 0.627. The highest BCUT2D eigenvalue weighted by Crippen LogP contribution is 2.48. The topological polar surface area (TPSA) is 131 Å². The van der Waals surface area contributed by atoms with Gasteiger partial charge in [0.15, 0.2) is 0 Å². The van der Waals surface area contributed by atoms with Crippen LogP contribution in [0.4, 0.5) is 4.79 Å². The molecule has 2 heterocycles. The number of nitrogens with zero attached hydrogens (tertiary/aromatic N) is 4. The van der Waals surface area contributed by atoms with E-state index in [9.17, 15) is 14.9 Å². The van der Waals surface area contributed by atoms with E-state index < -0.39 is 17.4 Å². The van der Waals surface area contributed by atoms with Gasteiger partial charge in [0.25, 0.3) is 0 Å². The lowest BCUT2D eigenvalue weighted by Gasteiger charge is -2.35. The molecule has 0 aromatic carbocycles. The van der Waals surface area contributed by atoms with Gasteiger partial charge in [-0.15, -0.1) is 11.3 Å². The first kappa shape index (κ1) is 25.2. The van der Waals surface area contributed by atoms with E-state index in [1.165, 1.54) is 11.2 Å². The Balaban J connectivity index is 1.46. The molecule has 2 aromatic heterocycles. The average molecular weight is 500 g/mol. The van der Waals surface area contributed by atoms with Gasteiger partial charge >= 0.3 is 6.09 Å². The first-order chi connectivity index (χ1) is 16.6. The molecule has 2 aliphatic carbocycles. The second-order valence-electron chi connectivity index (χ2n) is 10.5. The van der Waals surface area contributed by atoms with E-state index in [1.807, 2.05) is 26.8 Å². The zero-order chi connectivity index (χ0) is 25.3. The van der Waals surface area contributed by atoms with Crippen LogP contribution in [0.5, 0.6) is 5.88 Å². The summed E-state index contributed by atoms with van der Waals surface area (Å²) in [4.78, 5) is 36.8. The van der Waals surface area contributed by atoms with E-state index in [0.29, 0.717) is 12.3 Å². The van der Waals surface area contributed by atoms with Crippen molar-refractivity contribution in [1.29, 1.82) is 5.26 Å². The summed E-state index contributed by atoms with van der Waals surface area (Å²) >= 11 is 1.63. The second-order valence-corrected chi connectivity index (χ2v) is 11.6. The number of nitrogens with two attached hydrogens (primary N) is 1. The highest BCUT2D eigenvalue weighted by Gasteiger charge is 2.34. The number of hydrogen-bond acceptors (Lipinski definition) is 8. The summed E-state index contributed by atoms with van der Waals surface area (Å²) in [5, 5.41) is 10.3. The van der Waals surface area contributed by atoms with Gasteiger partial charge in [-0.2, -0.15) is 5.26 Å². The van der Waals surface area contributed by atoms with E-state index in [1.54, 1.807) is 23.3 Å². The molecular weight excluding hydrogens is 466 g/mol. The van der Waals surface area contributed by atoms with Crippen molar-refractivity contribution in [3.8, 4) is 11.9 Å². The Kier molecular flexibility index (Phi) is 7.17. The summed E-state index contributed by atoms with van der Waals surface area (Å²) < 4.78 is 11.9. The summed E-state index contributed by atoms with van der Waals surface area (Å²) in [5.74, 6) is -0.771. The summed E-state index contributed by atoms with van der Waals surface area (Å²) in [7, 11) is 1.79. The van der Waals surface area contributed by atoms with Crippen LogP contribution in [0.15, 0.2) is 6.33 Å². The van der Waals surface area contributed by atoms with E-state index in [-0.39, 0.29) is 24.2 Å². The number of carbonyl (C=O) groups is 2. The number of ether oxygens (including phenoxy) is 2. The van der Waals surface area contributed by atoms with Gasteiger partial charge in [-0.05, 0) is 77.2 Å². The van der Waals surface area contributed by atoms with Crippen LogP contribution in [0.2, 0.25) is 0 Å². The van der Waals surface area contributed by atoms with Gasteiger partial charge < -0.3 is 20.1 Å². The standard InChI is InChI=1S/C25H33N5O4S/c1-25(2,3)34-24(32)30(4)16-6-8-17(9-7-16)33-22-20-19-14(11-15(12-26)21(27)31)5-10-18(19)35-23(20)29-13-28-22/h13-17H,5-11H2,1-4H3,(H2,27,31)/t14-,15+,16-,17-/m1/s1. The summed E-state index contributed by atoms with van der Waals surface area (Å²) in [5.41, 5.74) is 6.02. The maximum Gasteiger partial charge on any atom is 0.410 e. The van der Waals surface area contributed by atoms with E-state index in [4.69, 9.17) is 15.2 Å². The fourth-order valence-corrected chi connectivity index (χ4v) is 6.30. The largest absolute Gasteiger partial charge is 0.474 e. The maximum absolute atomic E-state index is 12.4. The molecule has 2 amide bonds. The van der Waals surface area contributed by atoms with Crippen molar-refractivity contribution in [2.45, 2.75) is 89.4 Å². The first-order valence-corrected chi connectivity index (χ1v) is 13.0. The normalized spacial score (nSPS) is 22.8. The van der Waals surface area contributed by atoms with E-state index >= 15 is 0 Å². The Labute approximate surface area is 209 Å². The van der Waals surface area contributed by atoms with Gasteiger partial charge in [0, 0.05) is 18.0 Å². The van der Waals surface area contributed by atoms with Crippen molar-refractivity contribution in [2.75, 3.05) is 7.05 Å². The Morgan fingerprint density at radius 3 is 2.60 bits per heavy atom. The lowest BCUT2D eigenvalue weighted by atomic mass is 9.90. The number of amides is 2. The van der Waals surface area contributed by atoms with Gasteiger partial charge in [0.2, 0.25) is 11.8 Å². The van der Waals surface area contributed by atoms with Gasteiger partial charge in [-0.1, -0.05) is 0 Å². The van der Waals surface area contributed by atoms with E-state index in [0.717, 1.165) is 54.3 Å². The van der Waals surface area contributed by atoms with Crippen LogP contribution in [-0.4, -0.2) is 51.7 Å². The number of aryl methyl sites for hydroxylation is 1. The van der Waals surface area contributed by atoms with Crippen molar-refractivity contribution in [1.82, 2.24) is 14.9 Å². The van der Waals surface area contributed by atoms with Gasteiger partial charge in [0.05, 0.1) is 11.5 Å². The lowest BCUT2D eigenvalue weighted by Crippen LogP contribution is -2.43. The minimum absolute atomic E-state index is 0.00994. The highest BCUT2D eigenvalue weighted by atomic mass is 32.1. The zero-order valence-corrected chi connectivity index (χ0v) is 21.6. The van der Waals surface area contributed by atoms with Gasteiger partial charge in [-0.25, -0.2) is 14.8 Å². The van der Waals surface area contributed by atoms with Crippen molar-refractivity contribution < 1.29 is 19.1 Å². The van der Waals surface area contributed by atoms with Crippen molar-refractivity contribution in [3.05, 3.63) is 16.8 Å². The molecule has 188 valence electrons. The average Bonchev–Trinajstić information content (AvgIpc) is 3.35. The first-order valence-electron chi connectivity index (χ1n) is 12.1. The molecule has 2 atom stereocenters. The van der Waals surface area contributed by atoms with Crippen LogP contribution in [0.3, 0.4) is 0 Å². The highest BCUT2D eigenvalue weighted by molar-refractivity contribution is 7.19. The van der Waals surface area contributed by atoms with E-state index in [2.05, 4.69) is 9.97 Å². The molecule has 1 saturated carbocycles. The number of primary amides is 1. The number of aromatic nitrogens is 2. The predicted molar refractivity (Wildman–Crippen MR) is 132 cm³/mol. The van der Waals surface area contributed by atoms with Crippen molar-refractivity contribution in [3.63, 3.8) is 0 Å². The molecular formula is C25H33N5O4S. The molecule has 10 heteroatoms. The smallest absolute Gasteiger partial charge is 0.410 e. The van der Waals surface area contributed by atoms with Crippen LogP contribution in [0.1, 0.15) is 75.7 Å². The molecule has 0 radical (unpaired) electrons. The van der Waals surface area contributed by atoms with Crippen molar-refractivity contribution in [2.24, 2.45) is 11.7 Å². The summed E-state index contributed by atoms with van der Waals surface area (Å²) in [6.45, 7) is 5.60. The molecule has 0 saturated heterocycles. The predicted octanol–water partition coefficient (Wildman–Crippen LogP) is 4.29. The maximum atomic E-state index is 12.4. The molecule has 9 nitrogen and oxygen atoms in total. The second kappa shape index (κ2) is 9.97. The molecule has 1 fully saturated rings. The third-order valence-corrected chi connectivity index (χ3v) is 8.04. The Morgan fingerprint density at radius 2 is 1.97 bits per heavy atom. The molecule has 2 aromatic rings. The molecule has 0 bridgehead atoms. The van der Waals surface area contributed by atoms with Crippen LogP contribution in [0, 0.1) is 17.2 Å². The Morgan fingerprint density at radius 1 is 1.26 bits per heavy atom. The van der Waals surface area contributed by atoms with Crippen LogP contribution >= 0.6 is 11.3 Å². The summed E-state index contributed by atoms with van der Waals surface area (Å²) in [6, 6.07) is 2.16. The summed E-state index contributed by atoms with van der Waals surface area (Å²) in [6.07, 6.45) is 6.63. The Bertz CT molecular complexity index is 1140. The van der Waals surface area contributed by atoms with Crippen LogP contribution in [-0.2, 0) is 16.0 Å². The van der Waals surface area contributed by atoms with Crippen LogP contribution < -0.4 is 10.5 Å². The fraction of sp³-hybridized carbons (Fsp3) is 0.640. The third kappa shape index (κ3) is 5.50. The van der Waals surface area contributed by atoms with Crippen LogP contribution in [0.25, 0.3) is 10.2 Å².